The minimum absolute atomic E-state index is 0.120. The fourth-order valence-electron chi connectivity index (χ4n) is 4.49. The van der Waals surface area contributed by atoms with Crippen LogP contribution in [-0.2, 0) is 4.79 Å². The molecule has 190 valence electrons. The number of benzene rings is 1. The van der Waals surface area contributed by atoms with Crippen LogP contribution in [0.4, 0.5) is 5.88 Å². The van der Waals surface area contributed by atoms with E-state index in [4.69, 9.17) is 21.0 Å². The number of hydrogen-bond donors (Lipinski definition) is 0. The SMILES string of the molecule is CCN(CC)C(=O)C1=C(C)N=c2s/c(=C/c3ccc(N(CC)CC)o3)c(=O)n2[C@H]1c1ccc(Cl)cc1. The molecule has 1 atom stereocenters. The third kappa shape index (κ3) is 4.80. The molecule has 4 rings (SSSR count). The van der Waals surface area contributed by atoms with Gasteiger partial charge < -0.3 is 14.2 Å². The number of aromatic nitrogens is 1. The first-order valence-electron chi connectivity index (χ1n) is 12.2. The van der Waals surface area contributed by atoms with E-state index in [1.807, 2.05) is 45.0 Å². The quantitative estimate of drug-likeness (QED) is 0.441. The first kappa shape index (κ1) is 26.0. The topological polar surface area (TPSA) is 71.1 Å². The molecule has 0 saturated carbocycles. The lowest BCUT2D eigenvalue weighted by molar-refractivity contribution is -0.127. The summed E-state index contributed by atoms with van der Waals surface area (Å²) in [7, 11) is 0. The number of allylic oxidation sites excluding steroid dienone is 1. The monoisotopic (exact) mass is 526 g/mol. The Morgan fingerprint density at radius 1 is 1.08 bits per heavy atom. The molecule has 36 heavy (non-hydrogen) atoms. The van der Waals surface area contributed by atoms with E-state index in [-0.39, 0.29) is 11.5 Å². The highest BCUT2D eigenvalue weighted by Gasteiger charge is 2.34. The molecule has 0 radical (unpaired) electrons. The van der Waals surface area contributed by atoms with Gasteiger partial charge in [-0.15, -0.1) is 0 Å². The molecule has 1 aliphatic rings. The predicted octanol–water partition coefficient (Wildman–Crippen LogP) is 4.20. The lowest BCUT2D eigenvalue weighted by Crippen LogP contribution is -2.43. The lowest BCUT2D eigenvalue weighted by Gasteiger charge is -2.29. The van der Waals surface area contributed by atoms with Crippen LogP contribution in [0.2, 0.25) is 5.02 Å². The molecule has 1 aromatic carbocycles. The summed E-state index contributed by atoms with van der Waals surface area (Å²) >= 11 is 7.45. The summed E-state index contributed by atoms with van der Waals surface area (Å²) < 4.78 is 8.12. The van der Waals surface area contributed by atoms with Crippen molar-refractivity contribution in [3.8, 4) is 0 Å². The van der Waals surface area contributed by atoms with E-state index in [9.17, 15) is 9.59 Å². The van der Waals surface area contributed by atoms with Crippen LogP contribution >= 0.6 is 22.9 Å². The molecule has 0 N–H and O–H groups in total. The summed E-state index contributed by atoms with van der Waals surface area (Å²) in [5, 5.41) is 0.588. The third-order valence-corrected chi connectivity index (χ3v) is 7.68. The molecule has 1 aliphatic heterocycles. The first-order chi connectivity index (χ1) is 17.3. The molecule has 7 nitrogen and oxygen atoms in total. The fourth-order valence-corrected chi connectivity index (χ4v) is 5.64. The van der Waals surface area contributed by atoms with E-state index in [0.717, 1.165) is 24.5 Å². The highest BCUT2D eigenvalue weighted by Crippen LogP contribution is 2.31. The van der Waals surface area contributed by atoms with E-state index in [0.29, 0.717) is 44.5 Å². The van der Waals surface area contributed by atoms with Crippen molar-refractivity contribution in [1.82, 2.24) is 9.47 Å². The van der Waals surface area contributed by atoms with Crippen LogP contribution in [0.25, 0.3) is 6.08 Å². The molecule has 0 saturated heterocycles. The van der Waals surface area contributed by atoms with E-state index in [1.165, 1.54) is 11.3 Å². The van der Waals surface area contributed by atoms with Gasteiger partial charge in [0.2, 0.25) is 0 Å². The second kappa shape index (κ2) is 10.9. The van der Waals surface area contributed by atoms with E-state index < -0.39 is 6.04 Å². The van der Waals surface area contributed by atoms with Crippen LogP contribution < -0.4 is 19.8 Å². The Bertz CT molecular complexity index is 1460. The Morgan fingerprint density at radius 3 is 2.36 bits per heavy atom. The van der Waals surface area contributed by atoms with Crippen LogP contribution in [0.15, 0.2) is 61.9 Å². The van der Waals surface area contributed by atoms with Gasteiger partial charge in [-0.1, -0.05) is 35.1 Å². The number of furan rings is 1. The number of hydrogen-bond acceptors (Lipinski definition) is 6. The highest BCUT2D eigenvalue weighted by molar-refractivity contribution is 7.07. The maximum atomic E-state index is 13.8. The van der Waals surface area contributed by atoms with Gasteiger partial charge in [-0.2, -0.15) is 0 Å². The molecule has 3 aromatic rings. The average Bonchev–Trinajstić information content (AvgIpc) is 3.45. The minimum atomic E-state index is -0.600. The van der Waals surface area contributed by atoms with Gasteiger partial charge in [0.1, 0.15) is 5.76 Å². The van der Waals surface area contributed by atoms with Crippen molar-refractivity contribution in [3.63, 3.8) is 0 Å². The number of anilines is 1. The number of nitrogens with zero attached hydrogens (tertiary/aromatic N) is 4. The van der Waals surface area contributed by atoms with Crippen LogP contribution in [0.1, 0.15) is 52.0 Å². The van der Waals surface area contributed by atoms with Crippen molar-refractivity contribution in [2.75, 3.05) is 31.1 Å². The van der Waals surface area contributed by atoms with Crippen molar-refractivity contribution in [3.05, 3.63) is 83.7 Å². The number of carbonyl (C=O) groups is 1. The number of fused-ring (bicyclic) bond motifs is 1. The molecule has 2 aromatic heterocycles. The smallest absolute Gasteiger partial charge is 0.271 e. The summed E-state index contributed by atoms with van der Waals surface area (Å²) in [5.74, 6) is 1.24. The maximum Gasteiger partial charge on any atom is 0.271 e. The van der Waals surface area contributed by atoms with Crippen molar-refractivity contribution in [1.29, 1.82) is 0 Å². The molecule has 0 fully saturated rings. The number of halogens is 1. The van der Waals surface area contributed by atoms with Gasteiger partial charge in [0.05, 0.1) is 21.8 Å². The Balaban J connectivity index is 1.89. The standard InChI is InChI=1S/C27H31ClN4O3S/c1-6-30(7-2)22-15-14-20(35-22)16-21-25(33)32-24(18-10-12-19(28)13-11-18)23(17(5)29-27(32)36-21)26(34)31(8-3)9-4/h10-16,24H,6-9H2,1-5H3/b21-16+/t24-/m0/s1. The van der Waals surface area contributed by atoms with Crippen molar-refractivity contribution in [2.24, 2.45) is 4.99 Å². The maximum absolute atomic E-state index is 13.8. The van der Waals surface area contributed by atoms with Crippen LogP contribution in [0.3, 0.4) is 0 Å². The van der Waals surface area contributed by atoms with Gasteiger partial charge in [0.25, 0.3) is 11.5 Å². The Kier molecular flexibility index (Phi) is 7.85. The van der Waals surface area contributed by atoms with E-state index in [1.54, 1.807) is 27.7 Å². The van der Waals surface area contributed by atoms with Gasteiger partial charge in [-0.05, 0) is 58.4 Å². The molecule has 9 heteroatoms. The van der Waals surface area contributed by atoms with Crippen molar-refractivity contribution in [2.45, 2.75) is 40.7 Å². The summed E-state index contributed by atoms with van der Waals surface area (Å²) in [6.07, 6.45) is 1.75. The second-order valence-electron chi connectivity index (χ2n) is 8.46. The number of likely N-dealkylation sites (N-methyl/N-ethyl adjacent to an activating group) is 1. The Hall–Kier alpha value is -3.10. The Morgan fingerprint density at radius 2 is 1.75 bits per heavy atom. The first-order valence-corrected chi connectivity index (χ1v) is 13.4. The summed E-state index contributed by atoms with van der Waals surface area (Å²) in [5.41, 5.74) is 1.71. The fraction of sp³-hybridized carbons (Fsp3) is 0.370. The second-order valence-corrected chi connectivity index (χ2v) is 9.90. The largest absolute Gasteiger partial charge is 0.441 e. The van der Waals surface area contributed by atoms with Crippen LogP contribution in [0, 0.1) is 0 Å². The zero-order chi connectivity index (χ0) is 26.0. The molecule has 0 bridgehead atoms. The molecular weight excluding hydrogens is 496 g/mol. The molecule has 3 heterocycles. The number of amides is 1. The number of thiazole rings is 1. The zero-order valence-corrected chi connectivity index (χ0v) is 22.8. The van der Waals surface area contributed by atoms with Crippen LogP contribution in [-0.4, -0.2) is 41.6 Å². The molecular formula is C27H31ClN4O3S. The molecule has 0 unspecified atom stereocenters. The number of rotatable bonds is 8. The van der Waals surface area contributed by atoms with Crippen molar-refractivity contribution < 1.29 is 9.21 Å². The molecule has 0 aliphatic carbocycles. The summed E-state index contributed by atoms with van der Waals surface area (Å²) in [6.45, 7) is 12.7. The van der Waals surface area contributed by atoms with Crippen LogP contribution in [0.5, 0.6) is 0 Å². The third-order valence-electron chi connectivity index (χ3n) is 6.45. The average molecular weight is 527 g/mol. The van der Waals surface area contributed by atoms with Gasteiger partial charge in [0, 0.05) is 43.3 Å². The van der Waals surface area contributed by atoms with Gasteiger partial charge >= 0.3 is 0 Å². The van der Waals surface area contributed by atoms with Gasteiger partial charge in [0.15, 0.2) is 10.7 Å². The Labute approximate surface area is 219 Å². The minimum Gasteiger partial charge on any atom is -0.441 e. The summed E-state index contributed by atoms with van der Waals surface area (Å²) in [4.78, 5) is 36.5. The van der Waals surface area contributed by atoms with Gasteiger partial charge in [-0.3, -0.25) is 14.2 Å². The zero-order valence-electron chi connectivity index (χ0n) is 21.2. The molecule has 0 spiro atoms. The van der Waals surface area contributed by atoms with E-state index in [2.05, 4.69) is 18.7 Å². The van der Waals surface area contributed by atoms with Gasteiger partial charge in [-0.25, -0.2) is 4.99 Å². The van der Waals surface area contributed by atoms with Crippen molar-refractivity contribution >= 4 is 40.8 Å². The molecule has 1 amide bonds. The summed E-state index contributed by atoms with van der Waals surface area (Å²) in [6, 6.07) is 10.5. The normalized spacial score (nSPS) is 15.6. The van der Waals surface area contributed by atoms with E-state index >= 15 is 0 Å². The predicted molar refractivity (Wildman–Crippen MR) is 145 cm³/mol. The lowest BCUT2D eigenvalue weighted by atomic mass is 9.94. The number of carbonyl (C=O) groups excluding carboxylic acids is 1. The highest BCUT2D eigenvalue weighted by atomic mass is 35.5.